The quantitative estimate of drug-likeness (QED) is 0.456. The summed E-state index contributed by atoms with van der Waals surface area (Å²) in [6.45, 7) is 4.73. The lowest BCUT2D eigenvalue weighted by atomic mass is 9.64. The van der Waals surface area contributed by atoms with Crippen molar-refractivity contribution >= 4 is 23.1 Å². The molecule has 2 N–H and O–H groups in total. The normalized spacial score (nSPS) is 36.9. The van der Waals surface area contributed by atoms with Crippen molar-refractivity contribution in [1.29, 1.82) is 0 Å². The molecule has 5 fully saturated rings. The van der Waals surface area contributed by atoms with E-state index in [9.17, 15) is 9.59 Å². The van der Waals surface area contributed by atoms with Gasteiger partial charge in [0.25, 0.3) is 5.91 Å². The van der Waals surface area contributed by atoms with E-state index in [0.29, 0.717) is 24.1 Å². The second-order valence-corrected chi connectivity index (χ2v) is 14.0. The Morgan fingerprint density at radius 2 is 1.82 bits per heavy atom. The number of amides is 1. The van der Waals surface area contributed by atoms with Crippen LogP contribution in [0, 0.1) is 17.8 Å². The molecule has 9 atom stereocenters. The predicted molar refractivity (Wildman–Crippen MR) is 167 cm³/mol. The molecule has 1 aromatic rings. The molecule has 10 heteroatoms. The smallest absolute Gasteiger partial charge is 0.260 e. The fraction of sp³-hybridized carbons (Fsp3) is 0.706. The lowest BCUT2D eigenvalue weighted by Gasteiger charge is -2.61. The first-order chi connectivity index (χ1) is 21.4. The van der Waals surface area contributed by atoms with Crippen LogP contribution in [0.1, 0.15) is 44.9 Å². The molecule has 6 aliphatic rings. The van der Waals surface area contributed by atoms with Gasteiger partial charge in [0.1, 0.15) is 6.17 Å². The van der Waals surface area contributed by atoms with Crippen molar-refractivity contribution in [3.05, 3.63) is 36.0 Å². The summed E-state index contributed by atoms with van der Waals surface area (Å²) in [5.41, 5.74) is 1.79. The van der Waals surface area contributed by atoms with E-state index in [1.807, 2.05) is 49.5 Å². The Labute approximate surface area is 260 Å². The highest BCUT2D eigenvalue weighted by atomic mass is 19.1. The number of rotatable bonds is 7. The molecule has 2 saturated heterocycles. The van der Waals surface area contributed by atoms with Gasteiger partial charge in [-0.15, -0.1) is 0 Å². The van der Waals surface area contributed by atoms with Crippen molar-refractivity contribution in [1.82, 2.24) is 15.1 Å². The van der Waals surface area contributed by atoms with Gasteiger partial charge in [0, 0.05) is 63.8 Å². The minimum Gasteiger partial charge on any atom is -0.379 e. The molecule has 9 nitrogen and oxygen atoms in total. The highest BCUT2D eigenvalue weighted by molar-refractivity contribution is 6.24. The number of hydrogen-bond acceptors (Lipinski definition) is 8. The van der Waals surface area contributed by atoms with E-state index in [0.717, 1.165) is 57.8 Å². The number of fused-ring (bicyclic) bond motifs is 4. The van der Waals surface area contributed by atoms with Gasteiger partial charge in [-0.2, -0.15) is 0 Å². The Kier molecular flexibility index (Phi) is 8.70. The van der Waals surface area contributed by atoms with E-state index in [4.69, 9.17) is 9.47 Å². The van der Waals surface area contributed by atoms with Gasteiger partial charge in [-0.25, -0.2) is 4.39 Å². The summed E-state index contributed by atoms with van der Waals surface area (Å²) in [6.07, 6.45) is 7.17. The molecule has 3 aliphatic heterocycles. The third-order valence-electron chi connectivity index (χ3n) is 11.3. The SMILES string of the molecule is CN(C)c1ccc(NC(=O)C2=CN3C4CCC5CCCCC5C4OC4C(NCCN5CCOCC5)C(F)CC(C2=O)C43)cc1. The van der Waals surface area contributed by atoms with Crippen LogP contribution in [-0.4, -0.2) is 111 Å². The van der Waals surface area contributed by atoms with Gasteiger partial charge in [0.15, 0.2) is 5.78 Å². The third kappa shape index (κ3) is 5.67. The average Bonchev–Trinajstić information content (AvgIpc) is 3.04. The first kappa shape index (κ1) is 30.1. The maximum absolute atomic E-state index is 16.2. The molecule has 0 aromatic heterocycles. The van der Waals surface area contributed by atoms with Crippen LogP contribution >= 0.6 is 0 Å². The van der Waals surface area contributed by atoms with E-state index in [2.05, 4.69) is 20.4 Å². The van der Waals surface area contributed by atoms with E-state index < -0.39 is 30.1 Å². The van der Waals surface area contributed by atoms with Crippen molar-refractivity contribution in [3.63, 3.8) is 0 Å². The number of carbonyl (C=O) groups is 2. The second kappa shape index (κ2) is 12.7. The van der Waals surface area contributed by atoms with Gasteiger partial charge >= 0.3 is 0 Å². The maximum atomic E-state index is 16.2. The minimum atomic E-state index is -1.24. The van der Waals surface area contributed by atoms with Crippen LogP contribution in [0.5, 0.6) is 0 Å². The summed E-state index contributed by atoms with van der Waals surface area (Å²) in [6, 6.07) is 6.90. The zero-order valence-electron chi connectivity index (χ0n) is 26.1. The fourth-order valence-electron chi connectivity index (χ4n) is 9.02. The van der Waals surface area contributed by atoms with Gasteiger partial charge in [-0.3, -0.25) is 14.5 Å². The molecule has 240 valence electrons. The molecule has 7 rings (SSSR count). The van der Waals surface area contributed by atoms with Crippen LogP contribution in [0.15, 0.2) is 36.0 Å². The Morgan fingerprint density at radius 1 is 1.05 bits per heavy atom. The van der Waals surface area contributed by atoms with Crippen molar-refractivity contribution in [2.75, 3.05) is 63.7 Å². The van der Waals surface area contributed by atoms with Crippen LogP contribution in [-0.2, 0) is 19.1 Å². The molecule has 0 spiro atoms. The van der Waals surface area contributed by atoms with Gasteiger partial charge in [-0.1, -0.05) is 19.3 Å². The largest absolute Gasteiger partial charge is 0.379 e. The summed E-state index contributed by atoms with van der Waals surface area (Å²) in [5.74, 6) is -0.216. The van der Waals surface area contributed by atoms with Crippen LogP contribution in [0.3, 0.4) is 0 Å². The zero-order valence-corrected chi connectivity index (χ0v) is 26.1. The van der Waals surface area contributed by atoms with Gasteiger partial charge < -0.3 is 29.9 Å². The summed E-state index contributed by atoms with van der Waals surface area (Å²) in [4.78, 5) is 34.3. The molecule has 44 heavy (non-hydrogen) atoms. The van der Waals surface area contributed by atoms with Crippen LogP contribution < -0.4 is 15.5 Å². The number of carbonyl (C=O) groups excluding carboxylic acids is 2. The molecule has 9 unspecified atom stereocenters. The van der Waals surface area contributed by atoms with Crippen LogP contribution in [0.4, 0.5) is 15.8 Å². The lowest BCUT2D eigenvalue weighted by Crippen LogP contribution is -2.74. The van der Waals surface area contributed by atoms with E-state index in [1.54, 1.807) is 0 Å². The number of ether oxygens (including phenoxy) is 2. The second-order valence-electron chi connectivity index (χ2n) is 14.0. The topological polar surface area (TPSA) is 86.4 Å². The van der Waals surface area contributed by atoms with Crippen molar-refractivity contribution in [2.24, 2.45) is 17.8 Å². The van der Waals surface area contributed by atoms with Gasteiger partial charge in [0.05, 0.1) is 49.1 Å². The molecule has 3 saturated carbocycles. The molecule has 0 bridgehead atoms. The molecular formula is C34H48FN5O4. The first-order valence-corrected chi connectivity index (χ1v) is 16.8. The highest BCUT2D eigenvalue weighted by Gasteiger charge is 2.60. The number of hydrogen-bond donors (Lipinski definition) is 2. The molecule has 1 aromatic carbocycles. The highest BCUT2D eigenvalue weighted by Crippen LogP contribution is 2.50. The average molecular weight is 610 g/mol. The number of Topliss-reactive ketones (excluding diaryl/α,β-unsaturated/α-hetero) is 1. The number of nitrogens with zero attached hydrogens (tertiary/aromatic N) is 3. The monoisotopic (exact) mass is 609 g/mol. The summed E-state index contributed by atoms with van der Waals surface area (Å²) in [7, 11) is 3.93. The Bertz CT molecular complexity index is 1240. The third-order valence-corrected chi connectivity index (χ3v) is 11.3. The fourth-order valence-corrected chi connectivity index (χ4v) is 9.02. The zero-order chi connectivity index (χ0) is 30.4. The van der Waals surface area contributed by atoms with E-state index >= 15 is 4.39 Å². The Balaban J connectivity index is 1.16. The van der Waals surface area contributed by atoms with Gasteiger partial charge in [-0.05, 0) is 61.8 Å². The number of nitrogens with one attached hydrogen (secondary N) is 2. The van der Waals surface area contributed by atoms with Crippen molar-refractivity contribution in [2.45, 2.75) is 81.5 Å². The molecule has 0 radical (unpaired) electrons. The minimum absolute atomic E-state index is 0.0165. The Morgan fingerprint density at radius 3 is 2.59 bits per heavy atom. The summed E-state index contributed by atoms with van der Waals surface area (Å²) in [5, 5.41) is 6.49. The van der Waals surface area contributed by atoms with Crippen molar-refractivity contribution < 1.29 is 23.5 Å². The van der Waals surface area contributed by atoms with Crippen LogP contribution in [0.2, 0.25) is 0 Å². The number of benzene rings is 1. The number of alkyl halides is 1. The first-order valence-electron chi connectivity index (χ1n) is 16.8. The van der Waals surface area contributed by atoms with Crippen molar-refractivity contribution in [3.8, 4) is 0 Å². The predicted octanol–water partition coefficient (Wildman–Crippen LogP) is 3.21. The number of ketones is 1. The number of anilines is 2. The Hall–Kier alpha value is -2.53. The molecular weight excluding hydrogens is 561 g/mol. The van der Waals surface area contributed by atoms with Crippen LogP contribution in [0.25, 0.3) is 0 Å². The van der Waals surface area contributed by atoms with E-state index in [1.165, 1.54) is 19.3 Å². The standard InChI is InChI=1S/C34H48FN5O4/c1-38(2)23-10-8-22(9-11-23)37-34(42)26-20-40-28-12-7-21-5-3-4-6-24(21)32(28)44-33-29(27(35)19-25(30(33)40)31(26)41)36-13-14-39-15-17-43-18-16-39/h8-11,20-21,24-25,27-30,32-33,36H,3-7,12-19H2,1-2H3,(H,37,42). The number of morpholine rings is 2. The van der Waals surface area contributed by atoms with E-state index in [-0.39, 0.29) is 36.0 Å². The molecule has 3 heterocycles. The van der Waals surface area contributed by atoms with Gasteiger partial charge in [0.2, 0.25) is 0 Å². The molecule has 3 aliphatic carbocycles. The molecule has 1 amide bonds. The lowest BCUT2D eigenvalue weighted by molar-refractivity contribution is -0.220. The summed E-state index contributed by atoms with van der Waals surface area (Å²) >= 11 is 0. The summed E-state index contributed by atoms with van der Waals surface area (Å²) < 4.78 is 28.7. The number of halogens is 1. The maximum Gasteiger partial charge on any atom is 0.260 e.